The maximum absolute atomic E-state index is 5.88. The molecule has 2 aromatic rings. The zero-order valence-electron chi connectivity index (χ0n) is 13.1. The van der Waals surface area contributed by atoms with Crippen LogP contribution in [0.2, 0.25) is 5.02 Å². The summed E-state index contributed by atoms with van der Waals surface area (Å²) in [5.74, 6) is 0.640. The van der Waals surface area contributed by atoms with Gasteiger partial charge in [-0.25, -0.2) is 4.98 Å². The van der Waals surface area contributed by atoms with E-state index >= 15 is 0 Å². The van der Waals surface area contributed by atoms with E-state index in [1.54, 1.807) is 12.3 Å². The first-order valence-electron chi connectivity index (χ1n) is 7.81. The van der Waals surface area contributed by atoms with Gasteiger partial charge in [0.15, 0.2) is 5.11 Å². The van der Waals surface area contributed by atoms with Gasteiger partial charge in [-0.3, -0.25) is 0 Å². The van der Waals surface area contributed by atoms with E-state index in [4.69, 9.17) is 23.8 Å². The molecule has 1 aliphatic heterocycles. The molecule has 0 bridgehead atoms. The Bertz CT molecular complexity index is 717. The second kappa shape index (κ2) is 8.14. The molecule has 24 heavy (non-hydrogen) atoms. The summed E-state index contributed by atoms with van der Waals surface area (Å²) in [6.07, 6.45) is 4.16. The highest BCUT2D eigenvalue weighted by atomic mass is 79.9. The Morgan fingerprint density at radius 2 is 1.96 bits per heavy atom. The molecule has 3 rings (SSSR count). The molecule has 1 fully saturated rings. The maximum Gasteiger partial charge on any atom is 0.172 e. The van der Waals surface area contributed by atoms with Gasteiger partial charge in [-0.2, -0.15) is 0 Å². The average Bonchev–Trinajstić information content (AvgIpc) is 3.11. The highest BCUT2D eigenvalue weighted by molar-refractivity contribution is 9.10. The molecule has 2 heterocycles. The quantitative estimate of drug-likeness (QED) is 0.701. The lowest BCUT2D eigenvalue weighted by atomic mass is 10.2. The summed E-state index contributed by atoms with van der Waals surface area (Å²) in [7, 11) is 0. The van der Waals surface area contributed by atoms with Crippen molar-refractivity contribution < 1.29 is 0 Å². The molecule has 1 aliphatic rings. The number of nitrogens with one attached hydrogen (secondary N) is 2. The molecular formula is C17H18BrClN4S. The van der Waals surface area contributed by atoms with Crippen molar-refractivity contribution in [1.29, 1.82) is 0 Å². The van der Waals surface area contributed by atoms with E-state index in [2.05, 4.69) is 60.7 Å². The standard InChI is InChI=1S/C17H18BrClN4S/c18-15-9-13(19)11-20-16(15)22-17(24)21-10-12-3-5-14(6-4-12)23-7-1-2-8-23/h3-6,9,11H,1-2,7-8,10H2,(H2,20,21,22,24). The average molecular weight is 426 g/mol. The van der Waals surface area contributed by atoms with E-state index in [9.17, 15) is 0 Å². The molecule has 0 radical (unpaired) electrons. The molecule has 0 unspecified atom stereocenters. The molecule has 0 saturated carbocycles. The first-order valence-corrected chi connectivity index (χ1v) is 9.39. The number of thiocarbonyl (C=S) groups is 1. The Morgan fingerprint density at radius 3 is 2.62 bits per heavy atom. The molecule has 1 aromatic carbocycles. The van der Waals surface area contributed by atoms with Crippen LogP contribution in [0.4, 0.5) is 11.5 Å². The lowest BCUT2D eigenvalue weighted by molar-refractivity contribution is 0.920. The minimum absolute atomic E-state index is 0.522. The molecule has 4 nitrogen and oxygen atoms in total. The number of anilines is 2. The zero-order chi connectivity index (χ0) is 16.9. The number of rotatable bonds is 4. The van der Waals surface area contributed by atoms with Crippen molar-refractivity contribution in [3.8, 4) is 0 Å². The molecule has 0 spiro atoms. The largest absolute Gasteiger partial charge is 0.372 e. The van der Waals surface area contributed by atoms with Gasteiger partial charge in [0.05, 0.1) is 9.50 Å². The van der Waals surface area contributed by atoms with Crippen LogP contribution < -0.4 is 15.5 Å². The third-order valence-electron chi connectivity index (χ3n) is 3.90. The summed E-state index contributed by atoms with van der Waals surface area (Å²) in [5, 5.41) is 7.35. The zero-order valence-corrected chi connectivity index (χ0v) is 16.2. The van der Waals surface area contributed by atoms with Crippen LogP contribution in [-0.4, -0.2) is 23.2 Å². The minimum atomic E-state index is 0.522. The van der Waals surface area contributed by atoms with E-state index in [1.165, 1.54) is 24.1 Å². The molecule has 126 valence electrons. The molecule has 0 amide bonds. The SMILES string of the molecule is S=C(NCc1ccc(N2CCCC2)cc1)Nc1ncc(Cl)cc1Br. The number of hydrogen-bond donors (Lipinski definition) is 2. The Morgan fingerprint density at radius 1 is 1.25 bits per heavy atom. The summed E-state index contributed by atoms with van der Waals surface area (Å²) in [6.45, 7) is 2.99. The van der Waals surface area contributed by atoms with Crippen LogP contribution in [-0.2, 0) is 6.54 Å². The Kier molecular flexibility index (Phi) is 5.92. The fourth-order valence-corrected chi connectivity index (χ4v) is 3.55. The normalized spacial score (nSPS) is 13.8. The van der Waals surface area contributed by atoms with Crippen molar-refractivity contribution in [3.63, 3.8) is 0 Å². The summed E-state index contributed by atoms with van der Waals surface area (Å²) in [4.78, 5) is 6.63. The van der Waals surface area contributed by atoms with Crippen LogP contribution in [0.3, 0.4) is 0 Å². The van der Waals surface area contributed by atoms with Crippen molar-refractivity contribution in [1.82, 2.24) is 10.3 Å². The second-order valence-corrected chi connectivity index (χ2v) is 7.35. The second-order valence-electron chi connectivity index (χ2n) is 5.65. The van der Waals surface area contributed by atoms with Crippen LogP contribution in [0.1, 0.15) is 18.4 Å². The lowest BCUT2D eigenvalue weighted by Gasteiger charge is -2.18. The minimum Gasteiger partial charge on any atom is -0.372 e. The molecule has 1 saturated heterocycles. The Labute approximate surface area is 160 Å². The number of pyridine rings is 1. The van der Waals surface area contributed by atoms with Crippen molar-refractivity contribution in [2.75, 3.05) is 23.3 Å². The summed E-state index contributed by atoms with van der Waals surface area (Å²) in [6, 6.07) is 10.4. The predicted molar refractivity (Wildman–Crippen MR) is 108 cm³/mol. The number of hydrogen-bond acceptors (Lipinski definition) is 3. The highest BCUT2D eigenvalue weighted by Gasteiger charge is 2.11. The van der Waals surface area contributed by atoms with E-state index in [-0.39, 0.29) is 0 Å². The van der Waals surface area contributed by atoms with E-state index < -0.39 is 0 Å². The maximum atomic E-state index is 5.88. The van der Waals surface area contributed by atoms with Gasteiger partial charge < -0.3 is 15.5 Å². The van der Waals surface area contributed by atoms with Crippen molar-refractivity contribution in [2.24, 2.45) is 0 Å². The van der Waals surface area contributed by atoms with Crippen molar-refractivity contribution in [2.45, 2.75) is 19.4 Å². The van der Waals surface area contributed by atoms with Gasteiger partial charge in [0, 0.05) is 31.5 Å². The topological polar surface area (TPSA) is 40.2 Å². The van der Waals surface area contributed by atoms with Gasteiger partial charge in [0.1, 0.15) is 5.82 Å². The van der Waals surface area contributed by atoms with Gasteiger partial charge >= 0.3 is 0 Å². The third kappa shape index (κ3) is 4.59. The van der Waals surface area contributed by atoms with E-state index in [0.29, 0.717) is 22.5 Å². The molecule has 1 aromatic heterocycles. The van der Waals surface area contributed by atoms with Crippen LogP contribution in [0.15, 0.2) is 41.0 Å². The molecule has 0 aliphatic carbocycles. The summed E-state index contributed by atoms with van der Waals surface area (Å²) >= 11 is 14.6. The van der Waals surface area contributed by atoms with E-state index in [0.717, 1.165) is 17.6 Å². The van der Waals surface area contributed by atoms with Crippen LogP contribution in [0.5, 0.6) is 0 Å². The van der Waals surface area contributed by atoms with Gasteiger partial charge in [-0.15, -0.1) is 0 Å². The van der Waals surface area contributed by atoms with Crippen LogP contribution in [0.25, 0.3) is 0 Å². The number of nitrogens with zero attached hydrogens (tertiary/aromatic N) is 2. The van der Waals surface area contributed by atoms with Gasteiger partial charge in [0.25, 0.3) is 0 Å². The summed E-state index contributed by atoms with van der Waals surface area (Å²) < 4.78 is 0.772. The van der Waals surface area contributed by atoms with Gasteiger partial charge in [-0.05, 0) is 64.8 Å². The monoisotopic (exact) mass is 424 g/mol. The molecule has 7 heteroatoms. The highest BCUT2D eigenvalue weighted by Crippen LogP contribution is 2.23. The Hall–Kier alpha value is -1.37. The summed E-state index contributed by atoms with van der Waals surface area (Å²) in [5.41, 5.74) is 2.48. The van der Waals surface area contributed by atoms with Crippen molar-refractivity contribution in [3.05, 3.63) is 51.6 Å². The predicted octanol–water partition coefficient (Wildman–Crippen LogP) is 4.58. The first-order chi connectivity index (χ1) is 11.6. The van der Waals surface area contributed by atoms with Crippen molar-refractivity contribution >= 4 is 56.4 Å². The van der Waals surface area contributed by atoms with Crippen LogP contribution in [0, 0.1) is 0 Å². The molecule has 2 N–H and O–H groups in total. The Balaban J connectivity index is 1.52. The smallest absolute Gasteiger partial charge is 0.172 e. The van der Waals surface area contributed by atoms with Gasteiger partial charge in [-0.1, -0.05) is 23.7 Å². The first kappa shape index (κ1) is 17.5. The lowest BCUT2D eigenvalue weighted by Crippen LogP contribution is -2.28. The fourth-order valence-electron chi connectivity index (χ4n) is 2.64. The fraction of sp³-hybridized carbons (Fsp3) is 0.294. The third-order valence-corrected chi connectivity index (χ3v) is 4.96. The number of benzene rings is 1. The number of halogens is 2. The van der Waals surface area contributed by atoms with E-state index in [1.807, 2.05) is 0 Å². The van der Waals surface area contributed by atoms with Crippen LogP contribution >= 0.6 is 39.7 Å². The molecule has 0 atom stereocenters. The van der Waals surface area contributed by atoms with Gasteiger partial charge in [0.2, 0.25) is 0 Å². The molecular weight excluding hydrogens is 408 g/mol. The number of aromatic nitrogens is 1.